The van der Waals surface area contributed by atoms with Crippen molar-refractivity contribution < 1.29 is 4.79 Å². The standard InChI is InChI=1S/C23H26N4O/c1-23(2,3)18-9-11-19(12-10-18)27-22(28)20-15-26-21(16-25-20)24-14-13-17-7-5-4-6-8-17/h4-12,15-16H,13-14H2,1-3H3,(H,24,26)(H,27,28). The first kappa shape index (κ1) is 19.5. The summed E-state index contributed by atoms with van der Waals surface area (Å²) in [4.78, 5) is 20.9. The lowest BCUT2D eigenvalue weighted by Gasteiger charge is -2.19. The van der Waals surface area contributed by atoms with Gasteiger partial charge in [0.2, 0.25) is 0 Å². The molecule has 0 aliphatic rings. The minimum Gasteiger partial charge on any atom is -0.368 e. The molecule has 2 N–H and O–H groups in total. The zero-order valence-corrected chi connectivity index (χ0v) is 16.6. The van der Waals surface area contributed by atoms with Crippen LogP contribution in [-0.2, 0) is 11.8 Å². The number of carbonyl (C=O) groups is 1. The van der Waals surface area contributed by atoms with Crippen LogP contribution in [0.2, 0.25) is 0 Å². The molecule has 0 saturated carbocycles. The Balaban J connectivity index is 1.53. The Morgan fingerprint density at radius 1 is 0.929 bits per heavy atom. The van der Waals surface area contributed by atoms with E-state index < -0.39 is 0 Å². The van der Waals surface area contributed by atoms with E-state index in [1.807, 2.05) is 42.5 Å². The van der Waals surface area contributed by atoms with Crippen molar-refractivity contribution in [1.82, 2.24) is 9.97 Å². The molecule has 2 aromatic carbocycles. The molecule has 0 bridgehead atoms. The predicted molar refractivity (Wildman–Crippen MR) is 114 cm³/mol. The average Bonchev–Trinajstić information content (AvgIpc) is 2.69. The van der Waals surface area contributed by atoms with Crippen LogP contribution in [0, 0.1) is 0 Å². The van der Waals surface area contributed by atoms with Crippen molar-refractivity contribution in [1.29, 1.82) is 0 Å². The number of hydrogen-bond acceptors (Lipinski definition) is 4. The predicted octanol–water partition coefficient (Wildman–Crippen LogP) is 4.68. The number of nitrogens with one attached hydrogen (secondary N) is 2. The third-order valence-electron chi connectivity index (χ3n) is 4.46. The van der Waals surface area contributed by atoms with Crippen LogP contribution in [-0.4, -0.2) is 22.4 Å². The zero-order valence-electron chi connectivity index (χ0n) is 16.6. The average molecular weight is 374 g/mol. The van der Waals surface area contributed by atoms with Gasteiger partial charge < -0.3 is 10.6 Å². The van der Waals surface area contributed by atoms with E-state index in [0.717, 1.165) is 18.7 Å². The van der Waals surface area contributed by atoms with Gasteiger partial charge in [0.25, 0.3) is 5.91 Å². The molecule has 3 rings (SSSR count). The summed E-state index contributed by atoms with van der Waals surface area (Å²) in [5.74, 6) is 0.383. The summed E-state index contributed by atoms with van der Waals surface area (Å²) in [6.07, 6.45) is 3.97. The van der Waals surface area contributed by atoms with E-state index in [0.29, 0.717) is 5.82 Å². The van der Waals surface area contributed by atoms with Crippen LogP contribution in [0.5, 0.6) is 0 Å². The third kappa shape index (κ3) is 5.39. The van der Waals surface area contributed by atoms with Gasteiger partial charge in [0.1, 0.15) is 11.5 Å². The Hall–Kier alpha value is -3.21. The highest BCUT2D eigenvalue weighted by molar-refractivity contribution is 6.02. The molecule has 5 heteroatoms. The summed E-state index contributed by atoms with van der Waals surface area (Å²) in [6.45, 7) is 7.23. The maximum absolute atomic E-state index is 12.4. The lowest BCUT2D eigenvalue weighted by Crippen LogP contribution is -2.15. The van der Waals surface area contributed by atoms with Crippen molar-refractivity contribution >= 4 is 17.4 Å². The summed E-state index contributed by atoms with van der Waals surface area (Å²) in [5, 5.41) is 6.08. The fraction of sp³-hybridized carbons (Fsp3) is 0.261. The van der Waals surface area contributed by atoms with E-state index in [1.165, 1.54) is 17.3 Å². The molecule has 0 saturated heterocycles. The van der Waals surface area contributed by atoms with Crippen LogP contribution in [0.15, 0.2) is 67.0 Å². The molecule has 0 fully saturated rings. The summed E-state index contributed by atoms with van der Waals surface area (Å²) in [5.41, 5.74) is 3.59. The van der Waals surface area contributed by atoms with E-state index >= 15 is 0 Å². The van der Waals surface area contributed by atoms with Gasteiger partial charge in [-0.2, -0.15) is 0 Å². The molecule has 144 valence electrons. The molecule has 1 aromatic heterocycles. The molecular formula is C23H26N4O. The van der Waals surface area contributed by atoms with Gasteiger partial charge in [-0.3, -0.25) is 4.79 Å². The minimum atomic E-state index is -0.271. The van der Waals surface area contributed by atoms with Crippen molar-refractivity contribution in [2.75, 3.05) is 17.2 Å². The molecule has 0 aliphatic heterocycles. The van der Waals surface area contributed by atoms with Crippen LogP contribution in [0.4, 0.5) is 11.5 Å². The fourth-order valence-corrected chi connectivity index (χ4v) is 2.76. The van der Waals surface area contributed by atoms with Crippen LogP contribution in [0.25, 0.3) is 0 Å². The van der Waals surface area contributed by atoms with Gasteiger partial charge in [-0.1, -0.05) is 63.2 Å². The van der Waals surface area contributed by atoms with Gasteiger partial charge >= 0.3 is 0 Å². The van der Waals surface area contributed by atoms with Crippen molar-refractivity contribution in [2.24, 2.45) is 0 Å². The summed E-state index contributed by atoms with van der Waals surface area (Å²) in [7, 11) is 0. The molecule has 0 radical (unpaired) electrons. The van der Waals surface area contributed by atoms with E-state index in [9.17, 15) is 4.79 Å². The van der Waals surface area contributed by atoms with Crippen LogP contribution in [0.3, 0.4) is 0 Å². The van der Waals surface area contributed by atoms with E-state index in [2.05, 4.69) is 53.5 Å². The first-order valence-electron chi connectivity index (χ1n) is 9.43. The molecular weight excluding hydrogens is 348 g/mol. The van der Waals surface area contributed by atoms with Crippen LogP contribution < -0.4 is 10.6 Å². The molecule has 28 heavy (non-hydrogen) atoms. The van der Waals surface area contributed by atoms with E-state index in [1.54, 1.807) is 6.20 Å². The summed E-state index contributed by atoms with van der Waals surface area (Å²) >= 11 is 0. The molecule has 0 aliphatic carbocycles. The Labute approximate surface area is 166 Å². The van der Waals surface area contributed by atoms with Gasteiger partial charge in [-0.25, -0.2) is 9.97 Å². The van der Waals surface area contributed by atoms with E-state index in [4.69, 9.17) is 0 Å². The summed E-state index contributed by atoms with van der Waals surface area (Å²) < 4.78 is 0. The van der Waals surface area contributed by atoms with Crippen molar-refractivity contribution in [3.05, 3.63) is 83.8 Å². The molecule has 0 spiro atoms. The number of anilines is 2. The normalized spacial score (nSPS) is 11.1. The second kappa shape index (κ2) is 8.65. The molecule has 0 atom stereocenters. The fourth-order valence-electron chi connectivity index (χ4n) is 2.76. The molecule has 1 amide bonds. The zero-order chi connectivity index (χ0) is 20.0. The smallest absolute Gasteiger partial charge is 0.275 e. The van der Waals surface area contributed by atoms with Gasteiger partial charge in [-0.15, -0.1) is 0 Å². The second-order valence-electron chi connectivity index (χ2n) is 7.73. The highest BCUT2D eigenvalue weighted by atomic mass is 16.1. The quantitative estimate of drug-likeness (QED) is 0.657. The number of amides is 1. The lowest BCUT2D eigenvalue weighted by molar-refractivity contribution is 0.102. The lowest BCUT2D eigenvalue weighted by atomic mass is 9.87. The first-order chi connectivity index (χ1) is 13.4. The number of carbonyl (C=O) groups excluding carboxylic acids is 1. The molecule has 1 heterocycles. The molecule has 5 nitrogen and oxygen atoms in total. The molecule has 3 aromatic rings. The number of nitrogens with zero attached hydrogens (tertiary/aromatic N) is 2. The Kier molecular flexibility index (Phi) is 6.04. The highest BCUT2D eigenvalue weighted by Crippen LogP contribution is 2.23. The largest absolute Gasteiger partial charge is 0.368 e. The maximum atomic E-state index is 12.4. The number of benzene rings is 2. The van der Waals surface area contributed by atoms with E-state index in [-0.39, 0.29) is 17.0 Å². The topological polar surface area (TPSA) is 66.9 Å². The van der Waals surface area contributed by atoms with Crippen LogP contribution in [0.1, 0.15) is 42.4 Å². The first-order valence-corrected chi connectivity index (χ1v) is 9.43. The van der Waals surface area contributed by atoms with Gasteiger partial charge in [0, 0.05) is 12.2 Å². The summed E-state index contributed by atoms with van der Waals surface area (Å²) in [6, 6.07) is 18.1. The Morgan fingerprint density at radius 2 is 1.64 bits per heavy atom. The monoisotopic (exact) mass is 374 g/mol. The second-order valence-corrected chi connectivity index (χ2v) is 7.73. The minimum absolute atomic E-state index is 0.0807. The Morgan fingerprint density at radius 3 is 2.25 bits per heavy atom. The van der Waals surface area contributed by atoms with Crippen molar-refractivity contribution in [3.8, 4) is 0 Å². The number of hydrogen-bond donors (Lipinski definition) is 2. The molecule has 0 unspecified atom stereocenters. The van der Waals surface area contributed by atoms with Gasteiger partial charge in [0.15, 0.2) is 0 Å². The third-order valence-corrected chi connectivity index (χ3v) is 4.46. The van der Waals surface area contributed by atoms with Gasteiger partial charge in [-0.05, 0) is 35.1 Å². The van der Waals surface area contributed by atoms with Crippen molar-refractivity contribution in [2.45, 2.75) is 32.6 Å². The number of aromatic nitrogens is 2. The SMILES string of the molecule is CC(C)(C)c1ccc(NC(=O)c2cnc(NCCc3ccccc3)cn2)cc1. The highest BCUT2D eigenvalue weighted by Gasteiger charge is 2.14. The van der Waals surface area contributed by atoms with Crippen LogP contribution >= 0.6 is 0 Å². The maximum Gasteiger partial charge on any atom is 0.275 e. The Bertz CT molecular complexity index is 898. The van der Waals surface area contributed by atoms with Gasteiger partial charge in [0.05, 0.1) is 12.4 Å². The number of rotatable bonds is 6. The van der Waals surface area contributed by atoms with Crippen molar-refractivity contribution in [3.63, 3.8) is 0 Å².